The summed E-state index contributed by atoms with van der Waals surface area (Å²) < 4.78 is 0.981. The lowest BCUT2D eigenvalue weighted by Gasteiger charge is -2.05. The Kier molecular flexibility index (Phi) is 3.06. The Bertz CT molecular complexity index is 341. The van der Waals surface area contributed by atoms with Crippen molar-refractivity contribution in [2.45, 2.75) is 13.5 Å². The second kappa shape index (κ2) is 3.87. The van der Waals surface area contributed by atoms with Crippen LogP contribution in [0.1, 0.15) is 16.7 Å². The Labute approximate surface area is 85.0 Å². The largest absolute Gasteiger partial charge is 0.392 e. The second-order valence-corrected chi connectivity index (χ2v) is 3.56. The van der Waals surface area contributed by atoms with E-state index >= 15 is 0 Å². The van der Waals surface area contributed by atoms with E-state index in [1.165, 1.54) is 0 Å². The van der Waals surface area contributed by atoms with Crippen LogP contribution in [0.5, 0.6) is 0 Å². The number of hydrogen-bond donors (Lipinski definition) is 1. The summed E-state index contributed by atoms with van der Waals surface area (Å²) in [4.78, 5) is 0. The molecule has 0 radical (unpaired) electrons. The number of rotatable bonds is 1. The fourth-order valence-corrected chi connectivity index (χ4v) is 1.63. The van der Waals surface area contributed by atoms with Gasteiger partial charge in [0.2, 0.25) is 0 Å². The molecular formula is C9H8INO. The maximum Gasteiger partial charge on any atom is 0.0994 e. The summed E-state index contributed by atoms with van der Waals surface area (Å²) in [5.74, 6) is 0. The molecule has 1 aromatic rings. The standard InChI is InChI=1S/C9H8INO/c1-6-7(4-11)2-3-8(5-12)9(6)10/h2-3,12H,5H2,1H3. The summed E-state index contributed by atoms with van der Waals surface area (Å²) in [6, 6.07) is 5.63. The highest BCUT2D eigenvalue weighted by molar-refractivity contribution is 14.1. The molecular weight excluding hydrogens is 265 g/mol. The maximum absolute atomic E-state index is 8.92. The van der Waals surface area contributed by atoms with Gasteiger partial charge in [0.05, 0.1) is 18.2 Å². The number of nitrogens with zero attached hydrogens (tertiary/aromatic N) is 1. The van der Waals surface area contributed by atoms with E-state index in [0.717, 1.165) is 14.7 Å². The molecule has 1 aromatic carbocycles. The van der Waals surface area contributed by atoms with E-state index in [-0.39, 0.29) is 6.61 Å². The normalized spacial score (nSPS) is 9.50. The molecule has 0 bridgehead atoms. The maximum atomic E-state index is 8.92. The molecule has 0 saturated carbocycles. The Balaban J connectivity index is 3.32. The summed E-state index contributed by atoms with van der Waals surface area (Å²) in [5, 5.41) is 17.6. The number of benzene rings is 1. The van der Waals surface area contributed by atoms with Crippen LogP contribution in [0.25, 0.3) is 0 Å². The van der Waals surface area contributed by atoms with Crippen LogP contribution >= 0.6 is 22.6 Å². The minimum absolute atomic E-state index is 0.0326. The third-order valence-corrected chi connectivity index (χ3v) is 3.26. The Morgan fingerprint density at radius 1 is 1.58 bits per heavy atom. The summed E-state index contributed by atoms with van der Waals surface area (Å²) >= 11 is 2.14. The van der Waals surface area contributed by atoms with Gasteiger partial charge in [-0.05, 0) is 46.7 Å². The summed E-state index contributed by atoms with van der Waals surface area (Å²) in [7, 11) is 0. The highest BCUT2D eigenvalue weighted by Crippen LogP contribution is 2.19. The first-order chi connectivity index (χ1) is 5.70. The quantitative estimate of drug-likeness (QED) is 0.795. The van der Waals surface area contributed by atoms with Crippen molar-refractivity contribution >= 4 is 22.6 Å². The van der Waals surface area contributed by atoms with Gasteiger partial charge in [0, 0.05) is 3.57 Å². The van der Waals surface area contributed by atoms with Crippen molar-refractivity contribution in [3.05, 3.63) is 32.4 Å². The predicted molar refractivity (Wildman–Crippen MR) is 54.5 cm³/mol. The SMILES string of the molecule is Cc1c(C#N)ccc(CO)c1I. The summed E-state index contributed by atoms with van der Waals surface area (Å²) in [6.07, 6.45) is 0. The van der Waals surface area contributed by atoms with E-state index < -0.39 is 0 Å². The summed E-state index contributed by atoms with van der Waals surface area (Å²) in [6.45, 7) is 1.92. The lowest BCUT2D eigenvalue weighted by molar-refractivity contribution is 0.281. The van der Waals surface area contributed by atoms with Crippen molar-refractivity contribution in [3.8, 4) is 6.07 Å². The van der Waals surface area contributed by atoms with Gasteiger partial charge in [-0.15, -0.1) is 0 Å². The highest BCUT2D eigenvalue weighted by Gasteiger charge is 2.05. The predicted octanol–water partition coefficient (Wildman–Crippen LogP) is 1.96. The van der Waals surface area contributed by atoms with Gasteiger partial charge in [-0.2, -0.15) is 5.26 Å². The molecule has 0 amide bonds. The molecule has 0 heterocycles. The van der Waals surface area contributed by atoms with Crippen LogP contribution in [0.4, 0.5) is 0 Å². The molecule has 1 N–H and O–H groups in total. The average Bonchev–Trinajstić information content (AvgIpc) is 2.10. The van der Waals surface area contributed by atoms with Crippen LogP contribution in [0.3, 0.4) is 0 Å². The molecule has 0 spiro atoms. The molecule has 0 fully saturated rings. The molecule has 0 atom stereocenters. The van der Waals surface area contributed by atoms with Gasteiger partial charge >= 0.3 is 0 Å². The molecule has 0 aromatic heterocycles. The van der Waals surface area contributed by atoms with Gasteiger partial charge in [0.15, 0.2) is 0 Å². The average molecular weight is 273 g/mol. The third kappa shape index (κ3) is 1.59. The Morgan fingerprint density at radius 2 is 2.25 bits per heavy atom. The van der Waals surface area contributed by atoms with Gasteiger partial charge in [-0.1, -0.05) is 6.07 Å². The van der Waals surface area contributed by atoms with Gasteiger partial charge in [-0.3, -0.25) is 0 Å². The molecule has 0 saturated heterocycles. The van der Waals surface area contributed by atoms with Crippen LogP contribution < -0.4 is 0 Å². The minimum Gasteiger partial charge on any atom is -0.392 e. The van der Waals surface area contributed by atoms with E-state index in [4.69, 9.17) is 10.4 Å². The fourth-order valence-electron chi connectivity index (χ4n) is 0.984. The third-order valence-electron chi connectivity index (χ3n) is 1.76. The van der Waals surface area contributed by atoms with Gasteiger partial charge < -0.3 is 5.11 Å². The van der Waals surface area contributed by atoms with Crippen molar-refractivity contribution in [1.82, 2.24) is 0 Å². The zero-order valence-electron chi connectivity index (χ0n) is 6.63. The topological polar surface area (TPSA) is 44.0 Å². The van der Waals surface area contributed by atoms with Crippen molar-refractivity contribution in [3.63, 3.8) is 0 Å². The number of aliphatic hydroxyl groups is 1. The molecule has 2 nitrogen and oxygen atoms in total. The highest BCUT2D eigenvalue weighted by atomic mass is 127. The first-order valence-electron chi connectivity index (χ1n) is 3.49. The van der Waals surface area contributed by atoms with Crippen molar-refractivity contribution in [2.75, 3.05) is 0 Å². The van der Waals surface area contributed by atoms with Crippen LogP contribution in [0.2, 0.25) is 0 Å². The molecule has 1 rings (SSSR count). The zero-order valence-corrected chi connectivity index (χ0v) is 8.79. The molecule has 3 heteroatoms. The Hall–Kier alpha value is -0.600. The lowest BCUT2D eigenvalue weighted by atomic mass is 10.1. The first-order valence-corrected chi connectivity index (χ1v) is 4.57. The van der Waals surface area contributed by atoms with Crippen LogP contribution in [-0.4, -0.2) is 5.11 Å². The number of nitriles is 1. The van der Waals surface area contributed by atoms with Crippen LogP contribution in [-0.2, 0) is 6.61 Å². The van der Waals surface area contributed by atoms with Crippen molar-refractivity contribution in [1.29, 1.82) is 5.26 Å². The van der Waals surface area contributed by atoms with Gasteiger partial charge in [0.1, 0.15) is 0 Å². The lowest BCUT2D eigenvalue weighted by Crippen LogP contribution is -1.94. The molecule has 62 valence electrons. The molecule has 0 aliphatic rings. The van der Waals surface area contributed by atoms with E-state index in [9.17, 15) is 0 Å². The molecule has 0 aliphatic carbocycles. The molecule has 0 aliphatic heterocycles. The second-order valence-electron chi connectivity index (χ2n) is 2.48. The van der Waals surface area contributed by atoms with Gasteiger partial charge in [0.25, 0.3) is 0 Å². The number of hydrogen-bond acceptors (Lipinski definition) is 2. The molecule has 0 unspecified atom stereocenters. The minimum atomic E-state index is 0.0326. The fraction of sp³-hybridized carbons (Fsp3) is 0.222. The Morgan fingerprint density at radius 3 is 2.75 bits per heavy atom. The van der Waals surface area contributed by atoms with Crippen LogP contribution in [0.15, 0.2) is 12.1 Å². The zero-order chi connectivity index (χ0) is 9.14. The molecule has 12 heavy (non-hydrogen) atoms. The van der Waals surface area contributed by atoms with E-state index in [2.05, 4.69) is 28.7 Å². The smallest absolute Gasteiger partial charge is 0.0994 e. The van der Waals surface area contributed by atoms with Crippen LogP contribution in [0, 0.1) is 21.8 Å². The van der Waals surface area contributed by atoms with E-state index in [1.54, 1.807) is 12.1 Å². The van der Waals surface area contributed by atoms with Crippen molar-refractivity contribution in [2.24, 2.45) is 0 Å². The number of halogens is 1. The van der Waals surface area contributed by atoms with Gasteiger partial charge in [-0.25, -0.2) is 0 Å². The monoisotopic (exact) mass is 273 g/mol. The number of aliphatic hydroxyl groups excluding tert-OH is 1. The van der Waals surface area contributed by atoms with E-state index in [0.29, 0.717) is 5.56 Å². The van der Waals surface area contributed by atoms with E-state index in [1.807, 2.05) is 6.92 Å². The first kappa shape index (κ1) is 9.49. The summed E-state index contributed by atoms with van der Waals surface area (Å²) in [5.41, 5.74) is 2.51. The van der Waals surface area contributed by atoms with Crippen molar-refractivity contribution < 1.29 is 5.11 Å².